The van der Waals surface area contributed by atoms with Crippen LogP contribution in [-0.2, 0) is 14.3 Å². The summed E-state index contributed by atoms with van der Waals surface area (Å²) in [6.45, 7) is 1.54. The zero-order valence-corrected chi connectivity index (χ0v) is 12.7. The molecule has 5 nitrogen and oxygen atoms in total. The van der Waals surface area contributed by atoms with Crippen molar-refractivity contribution < 1.29 is 23.5 Å². The molecule has 0 radical (unpaired) electrons. The summed E-state index contributed by atoms with van der Waals surface area (Å²) in [5, 5.41) is 0. The summed E-state index contributed by atoms with van der Waals surface area (Å²) in [5.74, 6) is -1.88. The first-order chi connectivity index (χ1) is 10.1. The van der Waals surface area contributed by atoms with Gasteiger partial charge in [-0.3, -0.25) is 9.59 Å². The van der Waals surface area contributed by atoms with Gasteiger partial charge >= 0.3 is 0 Å². The Labute approximate surface area is 129 Å². The molecule has 7 heteroatoms. The van der Waals surface area contributed by atoms with Crippen LogP contribution in [0.3, 0.4) is 0 Å². The molecule has 1 fully saturated rings. The second-order valence-electron chi connectivity index (χ2n) is 4.88. The molecule has 2 aliphatic heterocycles. The largest absolute Gasteiger partial charge is 0.353 e. The summed E-state index contributed by atoms with van der Waals surface area (Å²) < 4.78 is 24.6. The Morgan fingerprint density at radius 3 is 2.71 bits per heavy atom. The molecule has 3 rings (SSSR count). The molecule has 0 spiro atoms. The van der Waals surface area contributed by atoms with Gasteiger partial charge in [-0.05, 0) is 34.5 Å². The fourth-order valence-electron chi connectivity index (χ4n) is 2.50. The quantitative estimate of drug-likeness (QED) is 0.778. The first-order valence-electron chi connectivity index (χ1n) is 6.66. The maximum Gasteiger partial charge on any atom is 0.299 e. The van der Waals surface area contributed by atoms with Gasteiger partial charge in [-0.15, -0.1) is 0 Å². The lowest BCUT2D eigenvalue weighted by Crippen LogP contribution is -2.35. The number of ether oxygens (including phenoxy) is 2. The van der Waals surface area contributed by atoms with Gasteiger partial charge in [-0.2, -0.15) is 0 Å². The lowest BCUT2D eigenvalue weighted by Gasteiger charge is -2.25. The Bertz CT molecular complexity index is 601. The molecule has 1 amide bonds. The highest BCUT2D eigenvalue weighted by molar-refractivity contribution is 9.10. The van der Waals surface area contributed by atoms with Crippen molar-refractivity contribution in [1.82, 2.24) is 0 Å². The van der Waals surface area contributed by atoms with Crippen LogP contribution < -0.4 is 4.90 Å². The van der Waals surface area contributed by atoms with E-state index in [9.17, 15) is 14.0 Å². The number of nitrogens with zero attached hydrogens (tertiary/aromatic N) is 1. The summed E-state index contributed by atoms with van der Waals surface area (Å²) in [5.41, 5.74) is 0.513. The van der Waals surface area contributed by atoms with E-state index in [4.69, 9.17) is 9.47 Å². The number of hydrogen-bond donors (Lipinski definition) is 0. The first kappa shape index (κ1) is 14.6. The molecule has 0 atom stereocenters. The number of benzene rings is 1. The fraction of sp³-hybridized carbons (Fsp3) is 0.429. The normalized spacial score (nSPS) is 19.2. The highest BCUT2D eigenvalue weighted by atomic mass is 79.9. The van der Waals surface area contributed by atoms with E-state index in [1.807, 2.05) is 0 Å². The lowest BCUT2D eigenvalue weighted by molar-refractivity contribution is -0.179. The van der Waals surface area contributed by atoms with Gasteiger partial charge in [0, 0.05) is 17.4 Å². The van der Waals surface area contributed by atoms with Gasteiger partial charge in [0.2, 0.25) is 0 Å². The van der Waals surface area contributed by atoms with Crippen molar-refractivity contribution in [2.24, 2.45) is 0 Å². The van der Waals surface area contributed by atoms with Crippen molar-refractivity contribution in [2.75, 3.05) is 24.7 Å². The van der Waals surface area contributed by atoms with Crippen molar-refractivity contribution in [3.05, 3.63) is 28.0 Å². The molecule has 0 aromatic heterocycles. The van der Waals surface area contributed by atoms with Gasteiger partial charge in [0.25, 0.3) is 11.7 Å². The van der Waals surface area contributed by atoms with E-state index in [1.165, 1.54) is 11.0 Å². The van der Waals surface area contributed by atoms with Gasteiger partial charge in [0.1, 0.15) is 5.82 Å². The Morgan fingerprint density at radius 1 is 1.29 bits per heavy atom. The number of hydrogen-bond acceptors (Lipinski definition) is 4. The van der Waals surface area contributed by atoms with Crippen LogP contribution in [-0.4, -0.2) is 37.7 Å². The second kappa shape index (κ2) is 5.82. The summed E-state index contributed by atoms with van der Waals surface area (Å²) >= 11 is 3.21. The molecule has 0 saturated carbocycles. The van der Waals surface area contributed by atoms with Gasteiger partial charge in [0.15, 0.2) is 6.29 Å². The molecule has 112 valence electrons. The molecular formula is C14H13BrFNO4. The van der Waals surface area contributed by atoms with Crippen LogP contribution in [0.4, 0.5) is 10.1 Å². The number of amides is 1. The average Bonchev–Trinajstić information content (AvgIpc) is 2.71. The van der Waals surface area contributed by atoms with Crippen molar-refractivity contribution in [1.29, 1.82) is 0 Å². The number of anilines is 1. The van der Waals surface area contributed by atoms with Crippen LogP contribution in [0.5, 0.6) is 0 Å². The van der Waals surface area contributed by atoms with Crippen LogP contribution in [0, 0.1) is 5.82 Å². The Hall–Kier alpha value is -1.31. The van der Waals surface area contributed by atoms with Crippen molar-refractivity contribution in [3.8, 4) is 0 Å². The molecule has 21 heavy (non-hydrogen) atoms. The maximum absolute atomic E-state index is 13.4. The molecule has 0 unspecified atom stereocenters. The third-order valence-corrected chi connectivity index (χ3v) is 4.07. The highest BCUT2D eigenvalue weighted by Gasteiger charge is 2.38. The van der Waals surface area contributed by atoms with E-state index in [1.54, 1.807) is 0 Å². The number of carbonyl (C=O) groups is 2. The number of halogens is 2. The Kier molecular flexibility index (Phi) is 4.05. The molecule has 1 saturated heterocycles. The number of fused-ring (bicyclic) bond motifs is 1. The molecule has 2 heterocycles. The summed E-state index contributed by atoms with van der Waals surface area (Å²) in [6, 6.07) is 2.33. The van der Waals surface area contributed by atoms with Gasteiger partial charge in [0.05, 0.1) is 24.5 Å². The third kappa shape index (κ3) is 2.73. The van der Waals surface area contributed by atoms with E-state index in [0.717, 1.165) is 12.5 Å². The summed E-state index contributed by atoms with van der Waals surface area (Å²) in [4.78, 5) is 25.3. The standard InChI is InChI=1S/C14H13BrFNO4/c15-10-7-8(16)6-9-12(10)17(14(19)13(9)18)3-2-11-20-4-1-5-21-11/h6-7,11H,1-5H2. The monoisotopic (exact) mass is 357 g/mol. The smallest absolute Gasteiger partial charge is 0.299 e. The molecule has 1 aromatic rings. The zero-order chi connectivity index (χ0) is 15.0. The van der Waals surface area contributed by atoms with Crippen LogP contribution >= 0.6 is 15.9 Å². The number of carbonyl (C=O) groups excluding carboxylic acids is 2. The molecule has 2 aliphatic rings. The summed E-state index contributed by atoms with van der Waals surface area (Å²) in [6.07, 6.45) is 0.943. The molecule has 0 bridgehead atoms. The first-order valence-corrected chi connectivity index (χ1v) is 7.45. The fourth-order valence-corrected chi connectivity index (χ4v) is 3.15. The molecule has 0 N–H and O–H groups in total. The predicted octanol–water partition coefficient (Wildman–Crippen LogP) is 2.27. The minimum absolute atomic E-state index is 0.0948. The van der Waals surface area contributed by atoms with Gasteiger partial charge in [-0.1, -0.05) is 0 Å². The topological polar surface area (TPSA) is 55.8 Å². The third-order valence-electron chi connectivity index (χ3n) is 3.47. The van der Waals surface area contributed by atoms with Crippen molar-refractivity contribution >= 4 is 33.3 Å². The van der Waals surface area contributed by atoms with Crippen LogP contribution in [0.1, 0.15) is 23.2 Å². The molecular weight excluding hydrogens is 345 g/mol. The van der Waals surface area contributed by atoms with E-state index in [0.29, 0.717) is 29.8 Å². The Morgan fingerprint density at radius 2 is 2.00 bits per heavy atom. The maximum atomic E-state index is 13.4. The van der Waals surface area contributed by atoms with E-state index in [2.05, 4.69) is 15.9 Å². The minimum Gasteiger partial charge on any atom is -0.353 e. The Balaban J connectivity index is 1.80. The average molecular weight is 358 g/mol. The number of ketones is 1. The molecule has 1 aromatic carbocycles. The van der Waals surface area contributed by atoms with E-state index >= 15 is 0 Å². The second-order valence-corrected chi connectivity index (χ2v) is 5.74. The van der Waals surface area contributed by atoms with Gasteiger partial charge < -0.3 is 14.4 Å². The van der Waals surface area contributed by atoms with E-state index < -0.39 is 17.5 Å². The summed E-state index contributed by atoms with van der Waals surface area (Å²) in [7, 11) is 0. The molecule has 0 aliphatic carbocycles. The van der Waals surface area contributed by atoms with Crippen molar-refractivity contribution in [2.45, 2.75) is 19.1 Å². The number of rotatable bonds is 3. The highest BCUT2D eigenvalue weighted by Crippen LogP contribution is 2.37. The van der Waals surface area contributed by atoms with Crippen LogP contribution in [0.15, 0.2) is 16.6 Å². The minimum atomic E-state index is -0.685. The van der Waals surface area contributed by atoms with Gasteiger partial charge in [-0.25, -0.2) is 4.39 Å². The van der Waals surface area contributed by atoms with E-state index in [-0.39, 0.29) is 18.4 Å². The van der Waals surface area contributed by atoms with Crippen LogP contribution in [0.2, 0.25) is 0 Å². The lowest BCUT2D eigenvalue weighted by atomic mass is 10.1. The zero-order valence-electron chi connectivity index (χ0n) is 11.1. The SMILES string of the molecule is O=C1C(=O)N(CCC2OCCCO2)c2c(Br)cc(F)cc21. The number of Topliss-reactive ketones (excluding diaryl/α,β-unsaturated/α-hetero) is 1. The van der Waals surface area contributed by atoms with Crippen LogP contribution in [0.25, 0.3) is 0 Å². The van der Waals surface area contributed by atoms with Crippen molar-refractivity contribution in [3.63, 3.8) is 0 Å². The predicted molar refractivity (Wildman–Crippen MR) is 75.7 cm³/mol.